The van der Waals surface area contributed by atoms with E-state index in [0.717, 1.165) is 0 Å². The molecule has 108 valence electrons. The second-order valence-corrected chi connectivity index (χ2v) is 8.07. The molecule has 3 aromatic rings. The third-order valence-corrected chi connectivity index (χ3v) is 6.66. The monoisotopic (exact) mass is 389 g/mol. The minimum atomic E-state index is -3.84. The van der Waals surface area contributed by atoms with Gasteiger partial charge in [0, 0.05) is 0 Å². The second kappa shape index (κ2) is 5.23. The Balaban J connectivity index is 1.99. The summed E-state index contributed by atoms with van der Waals surface area (Å²) >= 11 is 0.440. The molecule has 0 fully saturated rings. The van der Waals surface area contributed by atoms with Gasteiger partial charge >= 0.3 is 129 Å². The molecule has 0 amide bonds. The van der Waals surface area contributed by atoms with Crippen LogP contribution >= 0.6 is 11.3 Å². The summed E-state index contributed by atoms with van der Waals surface area (Å²) in [4.78, 5) is 10.8. The van der Waals surface area contributed by atoms with E-state index in [2.05, 4.69) is 12.7 Å². The zero-order valence-electron chi connectivity index (χ0n) is 10.2. The van der Waals surface area contributed by atoms with Crippen LogP contribution in [0.25, 0.3) is 11.0 Å². The fourth-order valence-corrected chi connectivity index (χ4v) is 5.03. The second-order valence-electron chi connectivity index (χ2n) is 3.97. The summed E-state index contributed by atoms with van der Waals surface area (Å²) in [5.74, 6) is -1.15. The molecule has 0 aliphatic heterocycles. The number of hydrogen-bond donors (Lipinski definition) is 2. The van der Waals surface area contributed by atoms with Crippen LogP contribution in [0.2, 0.25) is 0 Å². The molecule has 0 saturated carbocycles. The summed E-state index contributed by atoms with van der Waals surface area (Å²) in [7, 11) is -3.84. The number of anilines is 1. The van der Waals surface area contributed by atoms with Gasteiger partial charge in [0.2, 0.25) is 0 Å². The topological polar surface area (TPSA) is 109 Å². The molecule has 0 spiro atoms. The van der Waals surface area contributed by atoms with Gasteiger partial charge in [-0.05, 0) is 0 Å². The van der Waals surface area contributed by atoms with Gasteiger partial charge in [-0.25, -0.2) is 0 Å². The molecule has 2 aromatic heterocycles. The number of carboxylic acids is 1. The SMILES string of the molecule is O=C(O)c1ccc(S(=O)(=O)Nc2cccc3n[se]nc23)s1. The van der Waals surface area contributed by atoms with Gasteiger partial charge in [0.05, 0.1) is 0 Å². The molecular weight excluding hydrogens is 381 g/mol. The zero-order valence-corrected chi connectivity index (χ0v) is 13.5. The van der Waals surface area contributed by atoms with Gasteiger partial charge in [0.15, 0.2) is 0 Å². The third kappa shape index (κ3) is 2.70. The number of benzene rings is 1. The average molecular weight is 388 g/mol. The maximum absolute atomic E-state index is 12.3. The molecule has 7 nitrogen and oxygen atoms in total. The number of carbonyl (C=O) groups is 1. The van der Waals surface area contributed by atoms with Gasteiger partial charge < -0.3 is 0 Å². The van der Waals surface area contributed by atoms with Crippen molar-refractivity contribution in [3.8, 4) is 0 Å². The first kappa shape index (κ1) is 14.2. The molecule has 1 aromatic carbocycles. The van der Waals surface area contributed by atoms with E-state index < -0.39 is 16.0 Å². The Morgan fingerprint density at radius 3 is 2.76 bits per heavy atom. The van der Waals surface area contributed by atoms with Crippen molar-refractivity contribution >= 4 is 59.0 Å². The maximum atomic E-state index is 12.3. The molecule has 2 N–H and O–H groups in total. The first-order valence-corrected chi connectivity index (χ1v) is 9.38. The number of sulfonamides is 1. The van der Waals surface area contributed by atoms with Crippen LogP contribution in [-0.2, 0) is 10.0 Å². The van der Waals surface area contributed by atoms with Gasteiger partial charge in [-0.2, -0.15) is 0 Å². The molecule has 3 rings (SSSR count). The van der Waals surface area contributed by atoms with Crippen LogP contribution in [0.4, 0.5) is 5.69 Å². The van der Waals surface area contributed by atoms with Crippen molar-refractivity contribution in [2.45, 2.75) is 4.21 Å². The van der Waals surface area contributed by atoms with Crippen LogP contribution in [0.5, 0.6) is 0 Å². The van der Waals surface area contributed by atoms with Crippen LogP contribution in [0.1, 0.15) is 9.67 Å². The van der Waals surface area contributed by atoms with Crippen molar-refractivity contribution in [1.82, 2.24) is 7.96 Å². The fourth-order valence-electron chi connectivity index (χ4n) is 1.66. The molecule has 0 saturated heterocycles. The molecule has 0 unspecified atom stereocenters. The quantitative estimate of drug-likeness (QED) is 0.651. The van der Waals surface area contributed by atoms with Gasteiger partial charge in [0.25, 0.3) is 0 Å². The number of nitrogens with zero attached hydrogens (tertiary/aromatic N) is 2. The van der Waals surface area contributed by atoms with E-state index in [1.807, 2.05) is 0 Å². The van der Waals surface area contributed by atoms with E-state index in [9.17, 15) is 13.2 Å². The van der Waals surface area contributed by atoms with E-state index in [4.69, 9.17) is 5.11 Å². The minimum absolute atomic E-state index is 0.0308. The van der Waals surface area contributed by atoms with Gasteiger partial charge in [-0.1, -0.05) is 0 Å². The summed E-state index contributed by atoms with van der Waals surface area (Å²) in [6.07, 6.45) is 0. The standard InChI is InChI=1S/C11H7N3O4S2Se/c15-11(16)8-4-5-9(19-8)20(17,18)12-6-2-1-3-7-10(6)14-21-13-7/h1-5,12H,(H,15,16). The van der Waals surface area contributed by atoms with Crippen molar-refractivity contribution in [2.75, 3.05) is 4.72 Å². The van der Waals surface area contributed by atoms with Gasteiger partial charge in [0.1, 0.15) is 0 Å². The molecule has 0 aliphatic rings. The van der Waals surface area contributed by atoms with E-state index in [-0.39, 0.29) is 24.0 Å². The molecule has 10 heteroatoms. The number of nitrogens with one attached hydrogen (secondary N) is 1. The first-order valence-electron chi connectivity index (χ1n) is 5.54. The summed E-state index contributed by atoms with van der Waals surface area (Å²) in [6, 6.07) is 7.58. The van der Waals surface area contributed by atoms with Crippen molar-refractivity contribution in [1.29, 1.82) is 0 Å². The Hall–Kier alpha value is -1.74. The van der Waals surface area contributed by atoms with Gasteiger partial charge in [-0.15, -0.1) is 0 Å². The van der Waals surface area contributed by atoms with Crippen molar-refractivity contribution in [2.24, 2.45) is 0 Å². The van der Waals surface area contributed by atoms with Crippen LogP contribution in [-0.4, -0.2) is 42.4 Å². The summed E-state index contributed by atoms with van der Waals surface area (Å²) in [6.45, 7) is 0. The van der Waals surface area contributed by atoms with E-state index >= 15 is 0 Å². The predicted molar refractivity (Wildman–Crippen MR) is 78.6 cm³/mol. The Morgan fingerprint density at radius 2 is 2.05 bits per heavy atom. The van der Waals surface area contributed by atoms with Crippen LogP contribution in [0, 0.1) is 0 Å². The average Bonchev–Trinajstić information content (AvgIpc) is 3.08. The Bertz CT molecular complexity index is 932. The van der Waals surface area contributed by atoms with Crippen LogP contribution in [0.15, 0.2) is 34.5 Å². The molecule has 0 aliphatic carbocycles. The first-order chi connectivity index (χ1) is 9.97. The number of aromatic carboxylic acids is 1. The molecule has 0 atom stereocenters. The number of carboxylic acid groups (broad SMARTS) is 1. The fraction of sp³-hybridized carbons (Fsp3) is 0. The molecule has 0 radical (unpaired) electrons. The Morgan fingerprint density at radius 1 is 1.24 bits per heavy atom. The molecule has 21 heavy (non-hydrogen) atoms. The van der Waals surface area contributed by atoms with E-state index in [0.29, 0.717) is 28.1 Å². The molecular formula is C11H7N3O4S2Se. The summed E-state index contributed by atoms with van der Waals surface area (Å²) in [5.41, 5.74) is 1.53. The normalized spacial score (nSPS) is 11.6. The molecule has 0 bridgehead atoms. The van der Waals surface area contributed by atoms with Crippen molar-refractivity contribution in [3.05, 3.63) is 35.2 Å². The number of thiophene rings is 1. The van der Waals surface area contributed by atoms with Crippen LogP contribution in [0.3, 0.4) is 0 Å². The van der Waals surface area contributed by atoms with Crippen molar-refractivity contribution < 1.29 is 18.3 Å². The number of rotatable bonds is 4. The molecule has 2 heterocycles. The Kier molecular flexibility index (Phi) is 3.54. The van der Waals surface area contributed by atoms with Crippen molar-refractivity contribution in [3.63, 3.8) is 0 Å². The summed E-state index contributed by atoms with van der Waals surface area (Å²) < 4.78 is 35.3. The van der Waals surface area contributed by atoms with Crippen LogP contribution < -0.4 is 4.72 Å². The zero-order chi connectivity index (χ0) is 15.0. The van der Waals surface area contributed by atoms with Gasteiger partial charge in [-0.3, -0.25) is 0 Å². The van der Waals surface area contributed by atoms with E-state index in [1.54, 1.807) is 18.2 Å². The summed E-state index contributed by atoms with van der Waals surface area (Å²) in [5, 5.41) is 8.85. The van der Waals surface area contributed by atoms with E-state index in [1.165, 1.54) is 12.1 Å². The number of aromatic nitrogens is 2. The number of hydrogen-bond acceptors (Lipinski definition) is 6. The predicted octanol–water partition coefficient (Wildman–Crippen LogP) is 1.25. The third-order valence-electron chi connectivity index (χ3n) is 2.59. The Labute approximate surface area is 129 Å². The number of fused-ring (bicyclic) bond motifs is 1.